The summed E-state index contributed by atoms with van der Waals surface area (Å²) in [7, 11) is 0. The highest BCUT2D eigenvalue weighted by atomic mass is 35.5. The van der Waals surface area contributed by atoms with Crippen molar-refractivity contribution in [2.24, 2.45) is 0 Å². The second-order valence-electron chi connectivity index (χ2n) is 5.46. The van der Waals surface area contributed by atoms with Crippen molar-refractivity contribution in [2.75, 3.05) is 44.6 Å². The van der Waals surface area contributed by atoms with Crippen LogP contribution in [-0.2, 0) is 4.79 Å². The molecule has 0 aromatic heterocycles. The fourth-order valence-electron chi connectivity index (χ4n) is 2.52. The lowest BCUT2D eigenvalue weighted by Gasteiger charge is -2.33. The van der Waals surface area contributed by atoms with Crippen molar-refractivity contribution < 1.29 is 9.69 Å². The first-order valence-electron chi connectivity index (χ1n) is 7.60. The molecule has 0 radical (unpaired) electrons. The normalized spacial score (nSPS) is 15.3. The van der Waals surface area contributed by atoms with Crippen LogP contribution in [-0.4, -0.2) is 55.2 Å². The zero-order chi connectivity index (χ0) is 16.8. The van der Waals surface area contributed by atoms with Crippen LogP contribution in [0.3, 0.4) is 0 Å². The molecule has 1 aromatic carbocycles. The standard InChI is InChI=1S/C15H20Cl2N4OS/c1-2-18-15(23)21-5-3-20(4-6-21)10-14(22)19-13-8-11(16)7-12(17)9-13/h7-9H,2-6,10H2,1H3,(H,18,23)(H,19,22)/p+1. The number of hydrogen-bond donors (Lipinski definition) is 3. The first kappa shape index (κ1) is 18.3. The van der Waals surface area contributed by atoms with E-state index in [2.05, 4.69) is 15.5 Å². The molecule has 0 unspecified atom stereocenters. The molecular formula is C15H21Cl2N4OS+. The molecule has 0 bridgehead atoms. The van der Waals surface area contributed by atoms with Crippen LogP contribution in [0, 0.1) is 0 Å². The molecular weight excluding hydrogens is 355 g/mol. The fourth-order valence-corrected chi connectivity index (χ4v) is 3.38. The van der Waals surface area contributed by atoms with Gasteiger partial charge in [-0.1, -0.05) is 23.2 Å². The summed E-state index contributed by atoms with van der Waals surface area (Å²) < 4.78 is 0. The quantitative estimate of drug-likeness (QED) is 0.687. The van der Waals surface area contributed by atoms with Crippen LogP contribution in [0.4, 0.5) is 5.69 Å². The number of carbonyl (C=O) groups is 1. The van der Waals surface area contributed by atoms with Crippen molar-refractivity contribution in [3.63, 3.8) is 0 Å². The van der Waals surface area contributed by atoms with Gasteiger partial charge in [0.1, 0.15) is 0 Å². The van der Waals surface area contributed by atoms with Gasteiger partial charge >= 0.3 is 0 Å². The Morgan fingerprint density at radius 3 is 2.43 bits per heavy atom. The van der Waals surface area contributed by atoms with E-state index in [0.29, 0.717) is 22.3 Å². The summed E-state index contributed by atoms with van der Waals surface area (Å²) in [6.45, 7) is 6.77. The second-order valence-corrected chi connectivity index (χ2v) is 6.72. The van der Waals surface area contributed by atoms with Gasteiger partial charge in [0.05, 0.1) is 26.2 Å². The monoisotopic (exact) mass is 375 g/mol. The molecule has 1 heterocycles. The number of halogens is 2. The molecule has 1 aliphatic heterocycles. The largest absolute Gasteiger partial charge is 0.363 e. The lowest BCUT2D eigenvalue weighted by atomic mass is 10.3. The highest BCUT2D eigenvalue weighted by molar-refractivity contribution is 7.80. The van der Waals surface area contributed by atoms with E-state index in [4.69, 9.17) is 35.4 Å². The Morgan fingerprint density at radius 2 is 1.87 bits per heavy atom. The predicted molar refractivity (Wildman–Crippen MR) is 98.5 cm³/mol. The number of hydrogen-bond acceptors (Lipinski definition) is 2. The highest BCUT2D eigenvalue weighted by Gasteiger charge is 2.23. The van der Waals surface area contributed by atoms with Gasteiger partial charge in [0.25, 0.3) is 5.91 Å². The van der Waals surface area contributed by atoms with Crippen LogP contribution >= 0.6 is 35.4 Å². The van der Waals surface area contributed by atoms with Gasteiger partial charge < -0.3 is 20.4 Å². The van der Waals surface area contributed by atoms with E-state index in [0.717, 1.165) is 37.8 Å². The highest BCUT2D eigenvalue weighted by Crippen LogP contribution is 2.22. The van der Waals surface area contributed by atoms with Crippen LogP contribution < -0.4 is 15.5 Å². The van der Waals surface area contributed by atoms with E-state index in [1.165, 1.54) is 4.90 Å². The van der Waals surface area contributed by atoms with Crippen LogP contribution in [0.2, 0.25) is 10.0 Å². The van der Waals surface area contributed by atoms with E-state index in [1.807, 2.05) is 6.92 Å². The number of nitrogens with one attached hydrogen (secondary N) is 3. The van der Waals surface area contributed by atoms with Crippen LogP contribution in [0.5, 0.6) is 0 Å². The molecule has 1 fully saturated rings. The fraction of sp³-hybridized carbons (Fsp3) is 0.467. The molecule has 1 aromatic rings. The SMILES string of the molecule is CCNC(=S)N1CC[NH+](CC(=O)Nc2cc(Cl)cc(Cl)c2)CC1. The Hall–Kier alpha value is -1.08. The third-order valence-electron chi connectivity index (χ3n) is 3.64. The molecule has 126 valence electrons. The third-order valence-corrected chi connectivity index (χ3v) is 4.48. The molecule has 3 N–H and O–H groups in total. The van der Waals surface area contributed by atoms with Crippen molar-refractivity contribution >= 4 is 52.1 Å². The van der Waals surface area contributed by atoms with Crippen molar-refractivity contribution in [1.82, 2.24) is 10.2 Å². The van der Waals surface area contributed by atoms with Crippen molar-refractivity contribution in [3.05, 3.63) is 28.2 Å². The number of quaternary nitrogens is 1. The smallest absolute Gasteiger partial charge is 0.279 e. The summed E-state index contributed by atoms with van der Waals surface area (Å²) in [6.07, 6.45) is 0. The third kappa shape index (κ3) is 5.80. The van der Waals surface area contributed by atoms with Crippen LogP contribution in [0.1, 0.15) is 6.92 Å². The zero-order valence-electron chi connectivity index (χ0n) is 13.0. The first-order valence-corrected chi connectivity index (χ1v) is 8.76. The van der Waals surface area contributed by atoms with Crippen molar-refractivity contribution in [3.8, 4) is 0 Å². The maximum absolute atomic E-state index is 12.2. The molecule has 0 spiro atoms. The molecule has 5 nitrogen and oxygen atoms in total. The molecule has 0 aliphatic carbocycles. The van der Waals surface area contributed by atoms with Gasteiger partial charge in [0, 0.05) is 22.3 Å². The van der Waals surface area contributed by atoms with E-state index < -0.39 is 0 Å². The first-order chi connectivity index (χ1) is 11.0. The molecule has 0 atom stereocenters. The van der Waals surface area contributed by atoms with E-state index in [9.17, 15) is 4.79 Å². The van der Waals surface area contributed by atoms with Gasteiger partial charge in [-0.05, 0) is 37.3 Å². The average Bonchev–Trinajstić information content (AvgIpc) is 2.47. The molecule has 8 heteroatoms. The average molecular weight is 376 g/mol. The summed E-state index contributed by atoms with van der Waals surface area (Å²) in [5, 5.41) is 7.81. The van der Waals surface area contributed by atoms with Gasteiger partial charge in [0.15, 0.2) is 11.7 Å². The molecule has 2 rings (SSSR count). The minimum atomic E-state index is -0.0407. The predicted octanol–water partition coefficient (Wildman–Crippen LogP) is 1.03. The number of anilines is 1. The molecule has 1 saturated heterocycles. The number of nitrogens with zero attached hydrogens (tertiary/aromatic N) is 1. The number of piperazine rings is 1. The van der Waals surface area contributed by atoms with E-state index in [-0.39, 0.29) is 5.91 Å². The Labute approximate surface area is 151 Å². The Morgan fingerprint density at radius 1 is 1.26 bits per heavy atom. The summed E-state index contributed by atoms with van der Waals surface area (Å²) in [4.78, 5) is 15.5. The summed E-state index contributed by atoms with van der Waals surface area (Å²) in [6, 6.07) is 5.01. The number of amides is 1. The van der Waals surface area contributed by atoms with Gasteiger partial charge in [-0.25, -0.2) is 0 Å². The lowest BCUT2D eigenvalue weighted by Crippen LogP contribution is -3.15. The van der Waals surface area contributed by atoms with Gasteiger partial charge in [-0.3, -0.25) is 4.79 Å². The molecule has 1 aliphatic rings. The zero-order valence-corrected chi connectivity index (χ0v) is 15.3. The van der Waals surface area contributed by atoms with Crippen LogP contribution in [0.25, 0.3) is 0 Å². The summed E-state index contributed by atoms with van der Waals surface area (Å²) >= 11 is 17.2. The summed E-state index contributed by atoms with van der Waals surface area (Å²) in [5.41, 5.74) is 0.624. The topological polar surface area (TPSA) is 48.8 Å². The molecule has 23 heavy (non-hydrogen) atoms. The Kier molecular flexibility index (Phi) is 6.89. The van der Waals surface area contributed by atoms with Crippen LogP contribution in [0.15, 0.2) is 18.2 Å². The van der Waals surface area contributed by atoms with E-state index >= 15 is 0 Å². The van der Waals surface area contributed by atoms with E-state index in [1.54, 1.807) is 18.2 Å². The number of rotatable bonds is 4. The van der Waals surface area contributed by atoms with Gasteiger partial charge in [0.2, 0.25) is 0 Å². The minimum absolute atomic E-state index is 0.0407. The number of benzene rings is 1. The Balaban J connectivity index is 1.79. The molecule has 1 amide bonds. The maximum atomic E-state index is 12.2. The second kappa shape index (κ2) is 8.68. The van der Waals surface area contributed by atoms with Crippen molar-refractivity contribution in [2.45, 2.75) is 6.92 Å². The molecule has 0 saturated carbocycles. The Bertz CT molecular complexity index is 556. The summed E-state index contributed by atoms with van der Waals surface area (Å²) in [5.74, 6) is -0.0407. The number of thiocarbonyl (C=S) groups is 1. The van der Waals surface area contributed by atoms with Gasteiger partial charge in [-0.15, -0.1) is 0 Å². The lowest BCUT2D eigenvalue weighted by molar-refractivity contribution is -0.895. The minimum Gasteiger partial charge on any atom is -0.363 e. The van der Waals surface area contributed by atoms with Crippen molar-refractivity contribution in [1.29, 1.82) is 0 Å². The number of carbonyl (C=O) groups excluding carboxylic acids is 1. The van der Waals surface area contributed by atoms with Gasteiger partial charge in [-0.2, -0.15) is 0 Å². The maximum Gasteiger partial charge on any atom is 0.279 e.